The fourth-order valence-electron chi connectivity index (χ4n) is 3.23. The number of hydrogen-bond acceptors (Lipinski definition) is 5. The molecule has 1 aliphatic rings. The van der Waals surface area contributed by atoms with Gasteiger partial charge in [0.15, 0.2) is 11.5 Å². The summed E-state index contributed by atoms with van der Waals surface area (Å²) in [5.74, 6) is 1.63. The first kappa shape index (κ1) is 17.7. The van der Waals surface area contributed by atoms with Gasteiger partial charge in [0.05, 0.1) is 13.7 Å². The van der Waals surface area contributed by atoms with Gasteiger partial charge in [-0.1, -0.05) is 13.0 Å². The quantitative estimate of drug-likeness (QED) is 0.839. The van der Waals surface area contributed by atoms with Crippen LogP contribution in [-0.2, 0) is 6.54 Å². The van der Waals surface area contributed by atoms with E-state index in [1.807, 2.05) is 18.5 Å². The van der Waals surface area contributed by atoms with Gasteiger partial charge >= 0.3 is 0 Å². The van der Waals surface area contributed by atoms with E-state index in [1.165, 1.54) is 11.1 Å². The first-order valence-electron chi connectivity index (χ1n) is 8.96. The van der Waals surface area contributed by atoms with Crippen molar-refractivity contribution < 1.29 is 9.47 Å². The number of nitrogens with zero attached hydrogens (tertiary/aromatic N) is 2. The Balaban J connectivity index is 1.75. The molecule has 1 atom stereocenters. The highest BCUT2D eigenvalue weighted by atomic mass is 16.5. The van der Waals surface area contributed by atoms with Crippen molar-refractivity contribution >= 4 is 0 Å². The Morgan fingerprint density at radius 1 is 1.20 bits per heavy atom. The van der Waals surface area contributed by atoms with Crippen molar-refractivity contribution in [1.29, 1.82) is 0 Å². The van der Waals surface area contributed by atoms with Gasteiger partial charge in [0.1, 0.15) is 0 Å². The highest BCUT2D eigenvalue weighted by molar-refractivity contribution is 5.43. The van der Waals surface area contributed by atoms with Crippen LogP contribution in [0.25, 0.3) is 0 Å². The Morgan fingerprint density at radius 3 is 2.80 bits per heavy atom. The van der Waals surface area contributed by atoms with Gasteiger partial charge in [0.25, 0.3) is 0 Å². The monoisotopic (exact) mass is 341 g/mol. The summed E-state index contributed by atoms with van der Waals surface area (Å²) in [5, 5.41) is 3.50. The lowest BCUT2D eigenvalue weighted by Gasteiger charge is -2.36. The van der Waals surface area contributed by atoms with Gasteiger partial charge in [-0.3, -0.25) is 9.88 Å². The van der Waals surface area contributed by atoms with Crippen LogP contribution in [0.3, 0.4) is 0 Å². The lowest BCUT2D eigenvalue weighted by molar-refractivity contribution is 0.153. The number of methoxy groups -OCH3 is 1. The number of rotatable bonds is 7. The summed E-state index contributed by atoms with van der Waals surface area (Å²) in [6.07, 6.45) is 4.72. The summed E-state index contributed by atoms with van der Waals surface area (Å²) in [5.41, 5.74) is 2.54. The van der Waals surface area contributed by atoms with E-state index in [1.54, 1.807) is 7.11 Å². The average molecular weight is 341 g/mol. The van der Waals surface area contributed by atoms with Crippen LogP contribution in [0.2, 0.25) is 0 Å². The SMILES string of the molecule is CCCOc1ccc(CN2CCNCC2c2ccncc2)cc1OC. The normalized spacial score (nSPS) is 18.1. The lowest BCUT2D eigenvalue weighted by atomic mass is 10.0. The van der Waals surface area contributed by atoms with Crippen LogP contribution in [0.1, 0.15) is 30.5 Å². The number of ether oxygens (including phenoxy) is 2. The predicted octanol–water partition coefficient (Wildman–Crippen LogP) is 3.03. The molecule has 1 aromatic heterocycles. The van der Waals surface area contributed by atoms with Crippen molar-refractivity contribution in [1.82, 2.24) is 15.2 Å². The van der Waals surface area contributed by atoms with Gasteiger partial charge in [-0.25, -0.2) is 0 Å². The molecule has 3 rings (SSSR count). The Hall–Kier alpha value is -2.11. The first-order valence-corrected chi connectivity index (χ1v) is 8.96. The highest BCUT2D eigenvalue weighted by Gasteiger charge is 2.24. The third kappa shape index (κ3) is 4.50. The molecule has 25 heavy (non-hydrogen) atoms. The van der Waals surface area contributed by atoms with Gasteiger partial charge in [-0.2, -0.15) is 0 Å². The van der Waals surface area contributed by atoms with Crippen molar-refractivity contribution in [3.63, 3.8) is 0 Å². The number of hydrogen-bond donors (Lipinski definition) is 1. The van der Waals surface area contributed by atoms with Gasteiger partial charge in [-0.05, 0) is 41.8 Å². The van der Waals surface area contributed by atoms with Crippen molar-refractivity contribution in [3.05, 3.63) is 53.9 Å². The highest BCUT2D eigenvalue weighted by Crippen LogP contribution is 2.30. The van der Waals surface area contributed by atoms with Crippen LogP contribution in [0.5, 0.6) is 11.5 Å². The van der Waals surface area contributed by atoms with E-state index in [0.717, 1.165) is 44.1 Å². The molecule has 1 unspecified atom stereocenters. The van der Waals surface area contributed by atoms with Gasteiger partial charge < -0.3 is 14.8 Å². The zero-order valence-electron chi connectivity index (χ0n) is 15.1. The molecule has 5 nitrogen and oxygen atoms in total. The number of nitrogens with one attached hydrogen (secondary N) is 1. The molecule has 1 aliphatic heterocycles. The molecule has 2 heterocycles. The first-order chi connectivity index (χ1) is 12.3. The van der Waals surface area contributed by atoms with Crippen molar-refractivity contribution in [2.45, 2.75) is 25.9 Å². The van der Waals surface area contributed by atoms with Crippen molar-refractivity contribution in [2.75, 3.05) is 33.4 Å². The molecule has 1 saturated heterocycles. The second-order valence-corrected chi connectivity index (χ2v) is 6.30. The Morgan fingerprint density at radius 2 is 2.04 bits per heavy atom. The van der Waals surface area contributed by atoms with Crippen molar-refractivity contribution in [2.24, 2.45) is 0 Å². The molecule has 1 fully saturated rings. The lowest BCUT2D eigenvalue weighted by Crippen LogP contribution is -2.45. The standard InChI is InChI=1S/C20H27N3O2/c1-3-12-25-19-5-4-16(13-20(19)24-2)15-23-11-10-22-14-18(23)17-6-8-21-9-7-17/h4-9,13,18,22H,3,10-12,14-15H2,1-2H3. The van der Waals surface area contributed by atoms with Crippen LogP contribution >= 0.6 is 0 Å². The molecule has 0 amide bonds. The largest absolute Gasteiger partial charge is 0.493 e. The number of benzene rings is 1. The molecule has 0 saturated carbocycles. The minimum atomic E-state index is 0.360. The number of pyridine rings is 1. The molecule has 2 aromatic rings. The maximum Gasteiger partial charge on any atom is 0.161 e. The van der Waals surface area contributed by atoms with Crippen LogP contribution in [0.4, 0.5) is 0 Å². The Bertz CT molecular complexity index is 663. The molecule has 0 spiro atoms. The van der Waals surface area contributed by atoms with Crippen LogP contribution in [0.15, 0.2) is 42.7 Å². The maximum atomic E-state index is 5.76. The number of piperazine rings is 1. The topological polar surface area (TPSA) is 46.6 Å². The van der Waals surface area contributed by atoms with Crippen LogP contribution in [0, 0.1) is 0 Å². The molecule has 1 N–H and O–H groups in total. The fourth-order valence-corrected chi connectivity index (χ4v) is 3.23. The molecule has 0 aliphatic carbocycles. The summed E-state index contributed by atoms with van der Waals surface area (Å²) < 4.78 is 11.3. The van der Waals surface area contributed by atoms with E-state index < -0.39 is 0 Å². The summed E-state index contributed by atoms with van der Waals surface area (Å²) >= 11 is 0. The third-order valence-corrected chi connectivity index (χ3v) is 4.52. The Labute approximate surface area is 150 Å². The zero-order valence-corrected chi connectivity index (χ0v) is 15.1. The summed E-state index contributed by atoms with van der Waals surface area (Å²) in [4.78, 5) is 6.64. The second-order valence-electron chi connectivity index (χ2n) is 6.30. The van der Waals surface area contributed by atoms with Crippen molar-refractivity contribution in [3.8, 4) is 11.5 Å². The van der Waals surface area contributed by atoms with E-state index in [4.69, 9.17) is 9.47 Å². The second kappa shape index (κ2) is 8.83. The molecular formula is C20H27N3O2. The minimum Gasteiger partial charge on any atom is -0.493 e. The van der Waals surface area contributed by atoms with Crippen LogP contribution in [-0.4, -0.2) is 43.2 Å². The molecule has 0 bridgehead atoms. The van der Waals surface area contributed by atoms with Crippen LogP contribution < -0.4 is 14.8 Å². The van der Waals surface area contributed by atoms with E-state index >= 15 is 0 Å². The van der Waals surface area contributed by atoms with Gasteiger partial charge in [0.2, 0.25) is 0 Å². The average Bonchev–Trinajstić information content (AvgIpc) is 2.68. The van der Waals surface area contributed by atoms with E-state index in [-0.39, 0.29) is 0 Å². The van der Waals surface area contributed by atoms with E-state index in [0.29, 0.717) is 12.6 Å². The maximum absolute atomic E-state index is 5.76. The fraction of sp³-hybridized carbons (Fsp3) is 0.450. The van der Waals surface area contributed by atoms with E-state index in [9.17, 15) is 0 Å². The smallest absolute Gasteiger partial charge is 0.161 e. The Kier molecular flexibility index (Phi) is 6.25. The molecule has 5 heteroatoms. The molecule has 0 radical (unpaired) electrons. The molecular weight excluding hydrogens is 314 g/mol. The zero-order chi connectivity index (χ0) is 17.5. The summed E-state index contributed by atoms with van der Waals surface area (Å²) in [6.45, 7) is 6.68. The predicted molar refractivity (Wildman–Crippen MR) is 99.0 cm³/mol. The molecule has 134 valence electrons. The minimum absolute atomic E-state index is 0.360. The van der Waals surface area contributed by atoms with Gasteiger partial charge in [-0.15, -0.1) is 0 Å². The summed E-state index contributed by atoms with van der Waals surface area (Å²) in [6, 6.07) is 10.8. The van der Waals surface area contributed by atoms with E-state index in [2.05, 4.69) is 46.4 Å². The summed E-state index contributed by atoms with van der Waals surface area (Å²) in [7, 11) is 1.70. The molecule has 1 aromatic carbocycles. The number of aromatic nitrogens is 1. The van der Waals surface area contributed by atoms with Gasteiger partial charge in [0, 0.05) is 44.6 Å². The third-order valence-electron chi connectivity index (χ3n) is 4.52.